The van der Waals surface area contributed by atoms with Crippen molar-refractivity contribution in [3.63, 3.8) is 0 Å². The number of aromatic nitrogens is 1. The molecule has 1 aromatic heterocycles. The van der Waals surface area contributed by atoms with E-state index in [0.717, 1.165) is 23.6 Å². The van der Waals surface area contributed by atoms with Gasteiger partial charge in [0.25, 0.3) is 0 Å². The molecule has 0 N–H and O–H groups in total. The highest BCUT2D eigenvalue weighted by Crippen LogP contribution is 2.15. The molecule has 1 aromatic rings. The van der Waals surface area contributed by atoms with Crippen LogP contribution in [0.3, 0.4) is 0 Å². The van der Waals surface area contributed by atoms with Crippen molar-refractivity contribution in [1.29, 1.82) is 0 Å². The molecule has 1 heterocycles. The predicted molar refractivity (Wildman–Crippen MR) is 48.0 cm³/mol. The smallest absolute Gasteiger partial charge is 0.0624 e. The van der Waals surface area contributed by atoms with E-state index < -0.39 is 0 Å². The van der Waals surface area contributed by atoms with Gasteiger partial charge in [0.15, 0.2) is 0 Å². The minimum atomic E-state index is 0.798. The summed E-state index contributed by atoms with van der Waals surface area (Å²) in [5, 5.41) is 0.798. The maximum Gasteiger partial charge on any atom is 0.0624 e. The molecular formula is C9H12ClN. The third-order valence-electron chi connectivity index (χ3n) is 1.72. The van der Waals surface area contributed by atoms with Gasteiger partial charge in [-0.3, -0.25) is 4.98 Å². The highest BCUT2D eigenvalue weighted by molar-refractivity contribution is 6.31. The number of rotatable bonds is 2. The molecule has 1 rings (SSSR count). The summed E-state index contributed by atoms with van der Waals surface area (Å²) >= 11 is 5.95. The van der Waals surface area contributed by atoms with Gasteiger partial charge in [0.2, 0.25) is 0 Å². The first-order valence-corrected chi connectivity index (χ1v) is 4.29. The van der Waals surface area contributed by atoms with Gasteiger partial charge in [-0.2, -0.15) is 0 Å². The zero-order chi connectivity index (χ0) is 8.27. The summed E-state index contributed by atoms with van der Waals surface area (Å²) in [5.74, 6) is 0. The third-order valence-corrected chi connectivity index (χ3v) is 2.04. The zero-order valence-electron chi connectivity index (χ0n) is 6.89. The number of halogens is 1. The second kappa shape index (κ2) is 3.72. The number of nitrogens with zero attached hydrogens (tertiary/aromatic N) is 1. The Kier molecular flexibility index (Phi) is 2.89. The van der Waals surface area contributed by atoms with Gasteiger partial charge in [-0.15, -0.1) is 0 Å². The van der Waals surface area contributed by atoms with E-state index in [1.807, 2.05) is 12.3 Å². The minimum absolute atomic E-state index is 0.798. The summed E-state index contributed by atoms with van der Waals surface area (Å²) in [6, 6.07) is 1.99. The van der Waals surface area contributed by atoms with Crippen LogP contribution in [0.5, 0.6) is 0 Å². The highest BCUT2D eigenvalue weighted by Gasteiger charge is 1.99. The van der Waals surface area contributed by atoms with E-state index in [2.05, 4.69) is 18.8 Å². The van der Waals surface area contributed by atoms with Crippen LogP contribution in [0.4, 0.5) is 0 Å². The summed E-state index contributed by atoms with van der Waals surface area (Å²) in [6.07, 6.45) is 3.80. The molecule has 0 spiro atoms. The van der Waals surface area contributed by atoms with E-state index in [9.17, 15) is 0 Å². The van der Waals surface area contributed by atoms with Crippen molar-refractivity contribution in [2.45, 2.75) is 26.7 Å². The van der Waals surface area contributed by atoms with Crippen molar-refractivity contribution >= 4 is 11.6 Å². The monoisotopic (exact) mass is 169 g/mol. The molecule has 0 fully saturated rings. The van der Waals surface area contributed by atoms with Crippen molar-refractivity contribution in [1.82, 2.24) is 4.98 Å². The van der Waals surface area contributed by atoms with Gasteiger partial charge >= 0.3 is 0 Å². The predicted octanol–water partition coefficient (Wildman–Crippen LogP) is 2.86. The van der Waals surface area contributed by atoms with Crippen LogP contribution in [0.15, 0.2) is 12.3 Å². The van der Waals surface area contributed by atoms with Gasteiger partial charge in [0, 0.05) is 6.20 Å². The lowest BCUT2D eigenvalue weighted by atomic mass is 10.2. The first kappa shape index (κ1) is 8.54. The molecule has 0 saturated carbocycles. The standard InChI is InChI=1S/C9H12ClN/c1-3-7-5-8(10)9(4-2)11-6-7/h5-6H,3-4H2,1-2H3. The average molecular weight is 170 g/mol. The summed E-state index contributed by atoms with van der Waals surface area (Å²) in [4.78, 5) is 4.24. The van der Waals surface area contributed by atoms with Crippen LogP contribution < -0.4 is 0 Å². The molecule has 0 amide bonds. The molecule has 0 saturated heterocycles. The molecule has 0 aliphatic rings. The van der Waals surface area contributed by atoms with Crippen LogP contribution in [-0.4, -0.2) is 4.98 Å². The topological polar surface area (TPSA) is 12.9 Å². The normalized spacial score (nSPS) is 10.1. The van der Waals surface area contributed by atoms with Crippen molar-refractivity contribution in [2.24, 2.45) is 0 Å². The van der Waals surface area contributed by atoms with E-state index in [1.54, 1.807) is 0 Å². The highest BCUT2D eigenvalue weighted by atomic mass is 35.5. The fourth-order valence-electron chi connectivity index (χ4n) is 0.959. The molecule has 0 unspecified atom stereocenters. The molecule has 0 aliphatic carbocycles. The minimum Gasteiger partial charge on any atom is -0.259 e. The van der Waals surface area contributed by atoms with Gasteiger partial charge in [-0.25, -0.2) is 0 Å². The molecule has 0 aromatic carbocycles. The van der Waals surface area contributed by atoms with Crippen LogP contribution in [0, 0.1) is 0 Å². The Labute approximate surface area is 72.4 Å². The van der Waals surface area contributed by atoms with Crippen molar-refractivity contribution in [3.05, 3.63) is 28.5 Å². The largest absolute Gasteiger partial charge is 0.259 e. The van der Waals surface area contributed by atoms with E-state index >= 15 is 0 Å². The number of hydrogen-bond acceptors (Lipinski definition) is 1. The maximum absolute atomic E-state index is 5.95. The lowest BCUT2D eigenvalue weighted by molar-refractivity contribution is 1.00. The zero-order valence-corrected chi connectivity index (χ0v) is 7.65. The van der Waals surface area contributed by atoms with Gasteiger partial charge < -0.3 is 0 Å². The van der Waals surface area contributed by atoms with Crippen molar-refractivity contribution in [3.8, 4) is 0 Å². The Hall–Kier alpha value is -0.560. The molecule has 2 heteroatoms. The summed E-state index contributed by atoms with van der Waals surface area (Å²) in [6.45, 7) is 4.15. The fourth-order valence-corrected chi connectivity index (χ4v) is 1.28. The molecule has 0 radical (unpaired) electrons. The number of aryl methyl sites for hydroxylation is 2. The Balaban J connectivity index is 2.99. The van der Waals surface area contributed by atoms with Gasteiger partial charge in [-0.1, -0.05) is 25.4 Å². The molecular weight excluding hydrogens is 158 g/mol. The number of pyridine rings is 1. The first-order chi connectivity index (χ1) is 5.27. The number of hydrogen-bond donors (Lipinski definition) is 0. The first-order valence-electron chi connectivity index (χ1n) is 3.91. The second-order valence-corrected chi connectivity index (χ2v) is 2.89. The summed E-state index contributed by atoms with van der Waals surface area (Å²) in [7, 11) is 0. The Morgan fingerprint density at radius 2 is 2.09 bits per heavy atom. The molecule has 0 atom stereocenters. The summed E-state index contributed by atoms with van der Waals surface area (Å²) in [5.41, 5.74) is 2.19. The third kappa shape index (κ3) is 1.93. The fraction of sp³-hybridized carbons (Fsp3) is 0.444. The summed E-state index contributed by atoms with van der Waals surface area (Å²) < 4.78 is 0. The maximum atomic E-state index is 5.95. The average Bonchev–Trinajstić information content (AvgIpc) is 2.04. The Morgan fingerprint density at radius 1 is 1.36 bits per heavy atom. The Bertz CT molecular complexity index is 245. The molecule has 11 heavy (non-hydrogen) atoms. The van der Waals surface area contributed by atoms with E-state index in [0.29, 0.717) is 0 Å². The van der Waals surface area contributed by atoms with Crippen LogP contribution in [-0.2, 0) is 12.8 Å². The quantitative estimate of drug-likeness (QED) is 0.664. The molecule has 1 nitrogen and oxygen atoms in total. The lowest BCUT2D eigenvalue weighted by Crippen LogP contribution is -1.90. The van der Waals surface area contributed by atoms with Gasteiger partial charge in [0.1, 0.15) is 0 Å². The lowest BCUT2D eigenvalue weighted by Gasteiger charge is -2.01. The molecule has 60 valence electrons. The van der Waals surface area contributed by atoms with Gasteiger partial charge in [-0.05, 0) is 24.5 Å². The van der Waals surface area contributed by atoms with Crippen LogP contribution in [0.2, 0.25) is 5.02 Å². The molecule has 0 aliphatic heterocycles. The van der Waals surface area contributed by atoms with Crippen LogP contribution in [0.25, 0.3) is 0 Å². The SMILES string of the molecule is CCc1cnc(CC)c(Cl)c1. The molecule has 0 bridgehead atoms. The van der Waals surface area contributed by atoms with E-state index in [4.69, 9.17) is 11.6 Å². The van der Waals surface area contributed by atoms with Gasteiger partial charge in [0.05, 0.1) is 10.7 Å². The van der Waals surface area contributed by atoms with Crippen molar-refractivity contribution < 1.29 is 0 Å². The second-order valence-electron chi connectivity index (χ2n) is 2.48. The van der Waals surface area contributed by atoms with E-state index in [-0.39, 0.29) is 0 Å². The van der Waals surface area contributed by atoms with E-state index in [1.165, 1.54) is 5.56 Å². The van der Waals surface area contributed by atoms with Crippen LogP contribution in [0.1, 0.15) is 25.1 Å². The Morgan fingerprint density at radius 3 is 2.55 bits per heavy atom. The van der Waals surface area contributed by atoms with Crippen molar-refractivity contribution in [2.75, 3.05) is 0 Å². The van der Waals surface area contributed by atoms with Crippen LogP contribution >= 0.6 is 11.6 Å².